The summed E-state index contributed by atoms with van der Waals surface area (Å²) < 4.78 is 29.7. The number of hydrogen-bond donors (Lipinski definition) is 0. The quantitative estimate of drug-likeness (QED) is 0.820. The number of aromatic nitrogens is 1. The van der Waals surface area contributed by atoms with Gasteiger partial charge in [0.15, 0.2) is 9.84 Å². The first-order chi connectivity index (χ1) is 10.7. The van der Waals surface area contributed by atoms with Crippen molar-refractivity contribution in [2.75, 3.05) is 12.8 Å². The van der Waals surface area contributed by atoms with Crippen molar-refractivity contribution in [1.82, 2.24) is 10.1 Å². The molecule has 1 amide bonds. The Morgan fingerprint density at radius 2 is 1.87 bits per heavy atom. The van der Waals surface area contributed by atoms with Crippen LogP contribution in [0.3, 0.4) is 0 Å². The van der Waals surface area contributed by atoms with Gasteiger partial charge >= 0.3 is 0 Å². The van der Waals surface area contributed by atoms with Gasteiger partial charge in [0.05, 0.1) is 11.4 Å². The first-order valence-corrected chi connectivity index (χ1v) is 9.89. The molecule has 1 saturated carbocycles. The van der Waals surface area contributed by atoms with Gasteiger partial charge in [-0.05, 0) is 45.4 Å². The average molecular weight is 342 g/mol. The van der Waals surface area contributed by atoms with E-state index in [2.05, 4.69) is 12.1 Å². The van der Waals surface area contributed by atoms with Gasteiger partial charge in [-0.2, -0.15) is 0 Å². The van der Waals surface area contributed by atoms with Crippen LogP contribution in [0.1, 0.15) is 49.6 Å². The first-order valence-electron chi connectivity index (χ1n) is 8.07. The predicted molar refractivity (Wildman–Crippen MR) is 87.7 cm³/mol. The molecule has 1 aliphatic carbocycles. The van der Waals surface area contributed by atoms with Crippen LogP contribution in [0.5, 0.6) is 0 Å². The van der Waals surface area contributed by atoms with E-state index in [0.29, 0.717) is 22.9 Å². The van der Waals surface area contributed by atoms with Crippen molar-refractivity contribution in [3.05, 3.63) is 17.0 Å². The van der Waals surface area contributed by atoms with Gasteiger partial charge in [-0.25, -0.2) is 8.42 Å². The summed E-state index contributed by atoms with van der Waals surface area (Å²) in [5.41, 5.74) is 1.13. The van der Waals surface area contributed by atoms with Crippen molar-refractivity contribution in [3.63, 3.8) is 0 Å². The molecule has 1 fully saturated rings. The second-order valence-electron chi connectivity index (χ2n) is 6.75. The Bertz CT molecular complexity index is 638. The van der Waals surface area contributed by atoms with Crippen molar-refractivity contribution in [2.45, 2.75) is 58.2 Å². The maximum atomic E-state index is 12.3. The molecule has 1 aromatic heterocycles. The van der Waals surface area contributed by atoms with E-state index in [0.717, 1.165) is 25.7 Å². The molecule has 1 aromatic rings. The number of rotatable bonds is 5. The van der Waals surface area contributed by atoms with Gasteiger partial charge in [-0.15, -0.1) is 0 Å². The van der Waals surface area contributed by atoms with E-state index < -0.39 is 15.6 Å². The van der Waals surface area contributed by atoms with Crippen LogP contribution >= 0.6 is 0 Å². The predicted octanol–water partition coefficient (Wildman–Crippen LogP) is 2.24. The molecule has 6 nitrogen and oxygen atoms in total. The van der Waals surface area contributed by atoms with Gasteiger partial charge in [0.2, 0.25) is 5.91 Å². The normalized spacial score (nSPS) is 22.1. The Morgan fingerprint density at radius 1 is 1.26 bits per heavy atom. The molecule has 0 aromatic carbocycles. The van der Waals surface area contributed by atoms with E-state index in [4.69, 9.17) is 4.52 Å². The number of carbonyl (C=O) groups is 1. The number of aryl methyl sites for hydroxylation is 2. The first kappa shape index (κ1) is 18.0. The molecule has 0 bridgehead atoms. The Balaban J connectivity index is 1.98. The Hall–Kier alpha value is -1.37. The summed E-state index contributed by atoms with van der Waals surface area (Å²) in [5, 5.41) is 3.76. The maximum absolute atomic E-state index is 12.3. The van der Waals surface area contributed by atoms with Crippen molar-refractivity contribution in [1.29, 1.82) is 0 Å². The highest BCUT2D eigenvalue weighted by Gasteiger charge is 2.28. The molecule has 1 aliphatic rings. The fraction of sp³-hybridized carbons (Fsp3) is 0.750. The third kappa shape index (κ3) is 4.56. The zero-order valence-corrected chi connectivity index (χ0v) is 15.1. The van der Waals surface area contributed by atoms with Crippen LogP contribution in [0, 0.1) is 19.8 Å². The molecule has 23 heavy (non-hydrogen) atoms. The van der Waals surface area contributed by atoms with E-state index in [-0.39, 0.29) is 17.7 Å². The third-order valence-corrected chi connectivity index (χ3v) is 6.23. The fourth-order valence-corrected chi connectivity index (χ4v) is 4.64. The number of sulfone groups is 1. The van der Waals surface area contributed by atoms with Crippen molar-refractivity contribution >= 4 is 15.7 Å². The van der Waals surface area contributed by atoms with Crippen molar-refractivity contribution in [3.8, 4) is 0 Å². The number of nitrogens with zero attached hydrogens (tertiary/aromatic N) is 2. The lowest BCUT2D eigenvalue weighted by atomic mass is 9.87. The van der Waals surface area contributed by atoms with E-state index in [1.807, 2.05) is 0 Å². The Kier molecular flexibility index (Phi) is 5.49. The zero-order chi connectivity index (χ0) is 17.2. The van der Waals surface area contributed by atoms with Crippen LogP contribution in [0.2, 0.25) is 0 Å². The molecule has 7 heteroatoms. The lowest BCUT2D eigenvalue weighted by Crippen LogP contribution is -2.42. The molecule has 0 N–H and O–H groups in total. The summed E-state index contributed by atoms with van der Waals surface area (Å²) in [6.45, 7) is 5.60. The molecule has 0 unspecified atom stereocenters. The largest absolute Gasteiger partial charge is 0.361 e. The van der Waals surface area contributed by atoms with Gasteiger partial charge in [-0.1, -0.05) is 12.1 Å². The second kappa shape index (κ2) is 7.03. The van der Waals surface area contributed by atoms with Gasteiger partial charge in [0.25, 0.3) is 0 Å². The monoisotopic (exact) mass is 342 g/mol. The van der Waals surface area contributed by atoms with E-state index in [9.17, 15) is 13.2 Å². The standard InChI is InChI=1S/C16H26N2O4S/c1-11-5-7-14(8-6-11)18(4)16(19)10-23(20,21)9-15-12(2)17-22-13(15)3/h11,14H,5-10H2,1-4H3. The molecule has 0 atom stereocenters. The summed E-state index contributed by atoms with van der Waals surface area (Å²) in [6, 6.07) is 0.160. The molecular weight excluding hydrogens is 316 g/mol. The van der Waals surface area contributed by atoms with Gasteiger partial charge < -0.3 is 9.42 Å². The number of carbonyl (C=O) groups excluding carboxylic acids is 1. The Labute approximate surface area is 138 Å². The van der Waals surface area contributed by atoms with Crippen LogP contribution in [-0.2, 0) is 20.4 Å². The molecular formula is C16H26N2O4S. The van der Waals surface area contributed by atoms with Crippen LogP contribution in [0.25, 0.3) is 0 Å². The van der Waals surface area contributed by atoms with Crippen molar-refractivity contribution < 1.29 is 17.7 Å². The van der Waals surface area contributed by atoms with Crippen LogP contribution in [0.4, 0.5) is 0 Å². The Morgan fingerprint density at radius 3 is 2.39 bits per heavy atom. The van der Waals surface area contributed by atoms with Gasteiger partial charge in [0, 0.05) is 18.7 Å². The maximum Gasteiger partial charge on any atom is 0.237 e. The molecule has 0 spiro atoms. The average Bonchev–Trinajstić information content (AvgIpc) is 2.78. The molecule has 0 radical (unpaired) electrons. The summed E-state index contributed by atoms with van der Waals surface area (Å²) in [6.07, 6.45) is 4.09. The highest BCUT2D eigenvalue weighted by molar-refractivity contribution is 7.91. The van der Waals surface area contributed by atoms with Gasteiger partial charge in [0.1, 0.15) is 11.5 Å². The molecule has 0 aliphatic heterocycles. The lowest BCUT2D eigenvalue weighted by molar-refractivity contribution is -0.129. The molecule has 2 rings (SSSR count). The van der Waals surface area contributed by atoms with E-state index >= 15 is 0 Å². The third-order valence-electron chi connectivity index (χ3n) is 4.82. The summed E-state index contributed by atoms with van der Waals surface area (Å²) in [7, 11) is -1.82. The number of hydrogen-bond acceptors (Lipinski definition) is 5. The summed E-state index contributed by atoms with van der Waals surface area (Å²) in [4.78, 5) is 14.0. The smallest absolute Gasteiger partial charge is 0.237 e. The SMILES string of the molecule is Cc1noc(C)c1CS(=O)(=O)CC(=O)N(C)C1CCC(C)CC1. The topological polar surface area (TPSA) is 80.5 Å². The summed E-state index contributed by atoms with van der Waals surface area (Å²) >= 11 is 0. The highest BCUT2D eigenvalue weighted by atomic mass is 32.2. The second-order valence-corrected chi connectivity index (χ2v) is 8.82. The van der Waals surface area contributed by atoms with Crippen LogP contribution in [-0.4, -0.2) is 43.2 Å². The lowest BCUT2D eigenvalue weighted by Gasteiger charge is -2.33. The highest BCUT2D eigenvalue weighted by Crippen LogP contribution is 2.26. The van der Waals surface area contributed by atoms with Crippen molar-refractivity contribution in [2.24, 2.45) is 5.92 Å². The summed E-state index contributed by atoms with van der Waals surface area (Å²) in [5.74, 6) is 0.206. The fourth-order valence-electron chi connectivity index (χ4n) is 3.10. The minimum Gasteiger partial charge on any atom is -0.361 e. The van der Waals surface area contributed by atoms with Crippen LogP contribution < -0.4 is 0 Å². The minimum absolute atomic E-state index is 0.160. The van der Waals surface area contributed by atoms with E-state index in [1.165, 1.54) is 0 Å². The molecule has 1 heterocycles. The number of amides is 1. The van der Waals surface area contributed by atoms with Gasteiger partial charge in [-0.3, -0.25) is 4.79 Å². The molecule has 0 saturated heterocycles. The van der Waals surface area contributed by atoms with Crippen LogP contribution in [0.15, 0.2) is 4.52 Å². The molecule has 130 valence electrons. The minimum atomic E-state index is -3.53. The zero-order valence-electron chi connectivity index (χ0n) is 14.3. The van der Waals surface area contributed by atoms with E-state index in [1.54, 1.807) is 25.8 Å².